The molecule has 5 heteroatoms. The summed E-state index contributed by atoms with van der Waals surface area (Å²) in [7, 11) is -1.18. The molecule has 0 unspecified atom stereocenters. The van der Waals surface area contributed by atoms with Crippen LogP contribution in [0.2, 0.25) is 0 Å². The Hall–Kier alpha value is -1.49. The second-order valence-electron chi connectivity index (χ2n) is 3.75. The minimum atomic E-state index is -1.18. The molecule has 0 amide bonds. The summed E-state index contributed by atoms with van der Waals surface area (Å²) in [5, 5.41) is 3.76. The van der Waals surface area contributed by atoms with Crippen molar-refractivity contribution in [2.75, 3.05) is 0 Å². The highest BCUT2D eigenvalue weighted by molar-refractivity contribution is 7.83. The van der Waals surface area contributed by atoms with Crippen LogP contribution < -0.4 is 0 Å². The van der Waals surface area contributed by atoms with Crippen molar-refractivity contribution < 1.29 is 13.1 Å². The second kappa shape index (κ2) is 5.23. The predicted octanol–water partition coefficient (Wildman–Crippen LogP) is 2.57. The lowest BCUT2D eigenvalue weighted by Crippen LogP contribution is -2.01. The Balaban J connectivity index is 2.01. The van der Waals surface area contributed by atoms with E-state index >= 15 is 0 Å². The maximum atomic E-state index is 13.3. The topological polar surface area (TPSA) is 43.1 Å². The Bertz CT molecular complexity index is 539. The highest BCUT2D eigenvalue weighted by Gasteiger charge is 2.09. The summed E-state index contributed by atoms with van der Waals surface area (Å²) in [6, 6.07) is 8.09. The number of rotatable bonds is 4. The van der Waals surface area contributed by atoms with Gasteiger partial charge in [0.05, 0.1) is 17.2 Å². The largest absolute Gasteiger partial charge is 0.361 e. The van der Waals surface area contributed by atoms with Crippen molar-refractivity contribution in [3.63, 3.8) is 0 Å². The molecule has 0 aliphatic rings. The van der Waals surface area contributed by atoms with Crippen LogP contribution in [0.25, 0.3) is 0 Å². The third-order valence-electron chi connectivity index (χ3n) is 2.26. The number of hydrogen-bond donors (Lipinski definition) is 0. The molecule has 90 valence electrons. The lowest BCUT2D eigenvalue weighted by atomic mass is 10.2. The number of aryl methyl sites for hydroxylation is 1. The van der Waals surface area contributed by atoms with Gasteiger partial charge in [-0.2, -0.15) is 0 Å². The normalized spacial score (nSPS) is 12.6. The Morgan fingerprint density at radius 2 is 2.12 bits per heavy atom. The number of nitrogens with zero attached hydrogens (tertiary/aromatic N) is 1. The molecule has 17 heavy (non-hydrogen) atoms. The Kier molecular flexibility index (Phi) is 3.68. The third-order valence-corrected chi connectivity index (χ3v) is 3.51. The number of halogens is 1. The van der Waals surface area contributed by atoms with Gasteiger partial charge in [0.1, 0.15) is 11.6 Å². The van der Waals surface area contributed by atoms with E-state index in [1.54, 1.807) is 31.2 Å². The van der Waals surface area contributed by atoms with E-state index in [9.17, 15) is 8.60 Å². The van der Waals surface area contributed by atoms with Crippen LogP contribution >= 0.6 is 0 Å². The quantitative estimate of drug-likeness (QED) is 0.841. The monoisotopic (exact) mass is 253 g/mol. The van der Waals surface area contributed by atoms with Gasteiger partial charge in [0.15, 0.2) is 0 Å². The van der Waals surface area contributed by atoms with Gasteiger partial charge in [0.2, 0.25) is 0 Å². The zero-order valence-corrected chi connectivity index (χ0v) is 10.2. The van der Waals surface area contributed by atoms with E-state index in [0.717, 1.165) is 0 Å². The van der Waals surface area contributed by atoms with Gasteiger partial charge in [-0.3, -0.25) is 4.21 Å². The van der Waals surface area contributed by atoms with Crippen molar-refractivity contribution in [3.05, 3.63) is 53.2 Å². The summed E-state index contributed by atoms with van der Waals surface area (Å²) in [6.45, 7) is 1.77. The summed E-state index contributed by atoms with van der Waals surface area (Å²) < 4.78 is 30.0. The Morgan fingerprint density at radius 3 is 2.76 bits per heavy atom. The van der Waals surface area contributed by atoms with E-state index in [4.69, 9.17) is 4.52 Å². The first-order valence-electron chi connectivity index (χ1n) is 5.16. The first kappa shape index (κ1) is 12.0. The number of benzene rings is 1. The molecular formula is C12H12FNO2S. The molecule has 0 bridgehead atoms. The molecule has 0 saturated carbocycles. The van der Waals surface area contributed by atoms with E-state index in [1.165, 1.54) is 6.07 Å². The second-order valence-corrected chi connectivity index (χ2v) is 5.21. The number of hydrogen-bond acceptors (Lipinski definition) is 3. The molecule has 1 atom stereocenters. The molecule has 1 aromatic carbocycles. The van der Waals surface area contributed by atoms with Crippen molar-refractivity contribution in [3.8, 4) is 0 Å². The molecule has 2 aromatic rings. The summed E-state index contributed by atoms with van der Waals surface area (Å²) in [6.07, 6.45) is 0. The van der Waals surface area contributed by atoms with E-state index < -0.39 is 10.8 Å². The van der Waals surface area contributed by atoms with E-state index in [1.807, 2.05) is 0 Å². The van der Waals surface area contributed by atoms with Crippen molar-refractivity contribution >= 4 is 10.8 Å². The minimum absolute atomic E-state index is 0.193. The molecule has 1 heterocycles. The fraction of sp³-hybridized carbons (Fsp3) is 0.250. The maximum Gasteiger partial charge on any atom is 0.133 e. The summed E-state index contributed by atoms with van der Waals surface area (Å²) in [4.78, 5) is 0. The van der Waals surface area contributed by atoms with E-state index in [0.29, 0.717) is 17.0 Å². The van der Waals surface area contributed by atoms with Crippen LogP contribution in [0, 0.1) is 12.7 Å². The molecule has 0 radical (unpaired) electrons. The smallest absolute Gasteiger partial charge is 0.133 e. The lowest BCUT2D eigenvalue weighted by Gasteiger charge is -2.01. The highest BCUT2D eigenvalue weighted by atomic mass is 32.2. The van der Waals surface area contributed by atoms with Crippen LogP contribution in [0.4, 0.5) is 4.39 Å². The zero-order valence-electron chi connectivity index (χ0n) is 9.35. The first-order valence-corrected chi connectivity index (χ1v) is 6.64. The van der Waals surface area contributed by atoms with Crippen molar-refractivity contribution in [1.29, 1.82) is 0 Å². The minimum Gasteiger partial charge on any atom is -0.361 e. The first-order chi connectivity index (χ1) is 8.15. The maximum absolute atomic E-state index is 13.3. The van der Waals surface area contributed by atoms with E-state index in [2.05, 4.69) is 5.16 Å². The molecule has 2 rings (SSSR count). The average Bonchev–Trinajstić information content (AvgIpc) is 2.67. The molecule has 0 fully saturated rings. The highest BCUT2D eigenvalue weighted by Crippen LogP contribution is 2.12. The summed E-state index contributed by atoms with van der Waals surface area (Å²) >= 11 is 0. The fourth-order valence-electron chi connectivity index (χ4n) is 1.49. The lowest BCUT2D eigenvalue weighted by molar-refractivity contribution is 0.392. The van der Waals surface area contributed by atoms with Crippen molar-refractivity contribution in [2.24, 2.45) is 0 Å². The van der Waals surface area contributed by atoms with Crippen LogP contribution in [-0.4, -0.2) is 9.37 Å². The van der Waals surface area contributed by atoms with Gasteiger partial charge in [0, 0.05) is 22.4 Å². The molecule has 0 aliphatic heterocycles. The SMILES string of the molecule is Cc1cc(C[S@](=O)Cc2ccccc2F)no1. The molecule has 1 aromatic heterocycles. The van der Waals surface area contributed by atoms with Crippen molar-refractivity contribution in [1.82, 2.24) is 5.16 Å². The third kappa shape index (κ3) is 3.23. The van der Waals surface area contributed by atoms with E-state index in [-0.39, 0.29) is 17.3 Å². The summed E-state index contributed by atoms with van der Waals surface area (Å²) in [5.74, 6) is 0.838. The van der Waals surface area contributed by atoms with Crippen molar-refractivity contribution in [2.45, 2.75) is 18.4 Å². The Labute approximate surface area is 101 Å². The molecule has 0 N–H and O–H groups in total. The standard InChI is InChI=1S/C12H12FNO2S/c1-9-6-11(14-16-9)8-17(15)7-10-4-2-3-5-12(10)13/h2-6H,7-8H2,1H3/t17-/m1/s1. The zero-order chi connectivity index (χ0) is 12.3. The van der Waals surface area contributed by atoms with Gasteiger partial charge < -0.3 is 4.52 Å². The van der Waals surface area contributed by atoms with Gasteiger partial charge in [0.25, 0.3) is 0 Å². The fourth-order valence-corrected chi connectivity index (χ4v) is 2.64. The van der Waals surface area contributed by atoms with Gasteiger partial charge in [-0.15, -0.1) is 0 Å². The van der Waals surface area contributed by atoms with Gasteiger partial charge in [-0.05, 0) is 13.0 Å². The van der Waals surface area contributed by atoms with Crippen LogP contribution in [-0.2, 0) is 22.3 Å². The van der Waals surface area contributed by atoms with Gasteiger partial charge in [-0.25, -0.2) is 4.39 Å². The molecular weight excluding hydrogens is 241 g/mol. The molecule has 0 saturated heterocycles. The average molecular weight is 253 g/mol. The van der Waals surface area contributed by atoms with Crippen LogP contribution in [0.15, 0.2) is 34.9 Å². The summed E-state index contributed by atoms with van der Waals surface area (Å²) in [5.41, 5.74) is 1.10. The molecule has 0 aliphatic carbocycles. The predicted molar refractivity (Wildman–Crippen MR) is 63.2 cm³/mol. The molecule has 3 nitrogen and oxygen atoms in total. The van der Waals surface area contributed by atoms with Crippen LogP contribution in [0.1, 0.15) is 17.0 Å². The Morgan fingerprint density at radius 1 is 1.35 bits per heavy atom. The van der Waals surface area contributed by atoms with Gasteiger partial charge >= 0.3 is 0 Å². The van der Waals surface area contributed by atoms with Crippen LogP contribution in [0.3, 0.4) is 0 Å². The molecule has 0 spiro atoms. The van der Waals surface area contributed by atoms with Gasteiger partial charge in [-0.1, -0.05) is 23.4 Å². The number of aromatic nitrogens is 1. The van der Waals surface area contributed by atoms with Crippen LogP contribution in [0.5, 0.6) is 0 Å².